The lowest BCUT2D eigenvalue weighted by Gasteiger charge is -2.42. The number of hydrogen-bond acceptors (Lipinski definition) is 4. The summed E-state index contributed by atoms with van der Waals surface area (Å²) < 4.78 is 29.6. The van der Waals surface area contributed by atoms with E-state index in [1.165, 1.54) is 22.6 Å². The van der Waals surface area contributed by atoms with E-state index in [1.54, 1.807) is 0 Å². The van der Waals surface area contributed by atoms with Crippen molar-refractivity contribution in [1.29, 1.82) is 0 Å². The number of aromatic hydroxyl groups is 1. The van der Waals surface area contributed by atoms with Gasteiger partial charge >= 0.3 is 0 Å². The molecule has 7 nitrogen and oxygen atoms in total. The molecule has 2 bridgehead atoms. The van der Waals surface area contributed by atoms with E-state index in [9.17, 15) is 28.3 Å². The first-order valence-corrected chi connectivity index (χ1v) is 9.78. The van der Waals surface area contributed by atoms with Crippen LogP contribution in [0.15, 0.2) is 35.3 Å². The highest BCUT2D eigenvalue weighted by Gasteiger charge is 2.42. The first-order valence-electron chi connectivity index (χ1n) is 9.78. The van der Waals surface area contributed by atoms with E-state index in [2.05, 4.69) is 5.32 Å². The minimum Gasteiger partial charge on any atom is -0.503 e. The number of carbonyl (C=O) groups excluding carboxylic acids is 2. The molecular formula is C22H21F2N3O4. The Bertz CT molecular complexity index is 1180. The number of pyridine rings is 1. The van der Waals surface area contributed by atoms with Crippen molar-refractivity contribution in [2.45, 2.75) is 32.4 Å². The van der Waals surface area contributed by atoms with Crippen molar-refractivity contribution in [3.8, 4) is 5.75 Å². The Morgan fingerprint density at radius 1 is 1.23 bits per heavy atom. The van der Waals surface area contributed by atoms with Gasteiger partial charge in [0.2, 0.25) is 5.43 Å². The van der Waals surface area contributed by atoms with E-state index in [1.807, 2.05) is 19.1 Å². The summed E-state index contributed by atoms with van der Waals surface area (Å²) >= 11 is 0. The number of benzene rings is 1. The van der Waals surface area contributed by atoms with Gasteiger partial charge in [-0.2, -0.15) is 0 Å². The lowest BCUT2D eigenvalue weighted by Crippen LogP contribution is -2.52. The van der Waals surface area contributed by atoms with Gasteiger partial charge in [-0.25, -0.2) is 8.78 Å². The number of carbonyl (C=O) groups is 2. The van der Waals surface area contributed by atoms with Crippen LogP contribution in [0.1, 0.15) is 45.3 Å². The monoisotopic (exact) mass is 429 g/mol. The molecule has 0 spiro atoms. The SMILES string of the molecule is Cc1cc(F)c(CNC(=O)c2cn3c(c(O)c2=O)C(=O)N2CC=CCC3(C)C2)c(F)c1. The van der Waals surface area contributed by atoms with Crippen LogP contribution in [0.2, 0.25) is 0 Å². The third-order valence-electron chi connectivity index (χ3n) is 5.79. The fourth-order valence-corrected chi connectivity index (χ4v) is 4.11. The number of rotatable bonds is 3. The third-order valence-corrected chi connectivity index (χ3v) is 5.79. The van der Waals surface area contributed by atoms with E-state index in [0.717, 1.165) is 12.1 Å². The molecule has 2 aliphatic heterocycles. The van der Waals surface area contributed by atoms with Gasteiger partial charge in [0.25, 0.3) is 11.8 Å². The molecule has 2 N–H and O–H groups in total. The van der Waals surface area contributed by atoms with Crippen LogP contribution in [0.5, 0.6) is 5.75 Å². The summed E-state index contributed by atoms with van der Waals surface area (Å²) in [7, 11) is 0. The minimum absolute atomic E-state index is 0.172. The molecule has 1 unspecified atom stereocenters. The minimum atomic E-state index is -1.02. The van der Waals surface area contributed by atoms with Crippen molar-refractivity contribution < 1.29 is 23.5 Å². The zero-order chi connectivity index (χ0) is 22.5. The normalized spacial score (nSPS) is 19.7. The van der Waals surface area contributed by atoms with Crippen LogP contribution in [0, 0.1) is 18.6 Å². The van der Waals surface area contributed by atoms with Crippen LogP contribution in [0.25, 0.3) is 0 Å². The third kappa shape index (κ3) is 3.39. The molecule has 9 heteroatoms. The molecular weight excluding hydrogens is 408 g/mol. The molecule has 0 saturated carbocycles. The Hall–Kier alpha value is -3.49. The molecule has 1 atom stereocenters. The molecule has 3 heterocycles. The van der Waals surface area contributed by atoms with Gasteiger partial charge in [-0.15, -0.1) is 0 Å². The molecule has 4 rings (SSSR count). The molecule has 2 amide bonds. The number of nitrogens with one attached hydrogen (secondary N) is 1. The maximum absolute atomic E-state index is 14.1. The van der Waals surface area contributed by atoms with Crippen molar-refractivity contribution >= 4 is 11.8 Å². The summed E-state index contributed by atoms with van der Waals surface area (Å²) in [6.07, 6.45) is 5.50. The fourth-order valence-electron chi connectivity index (χ4n) is 4.11. The second-order valence-corrected chi connectivity index (χ2v) is 8.19. The summed E-state index contributed by atoms with van der Waals surface area (Å²) in [6, 6.07) is 2.28. The predicted molar refractivity (Wildman–Crippen MR) is 108 cm³/mol. The molecule has 1 aromatic heterocycles. The lowest BCUT2D eigenvalue weighted by atomic mass is 9.93. The van der Waals surface area contributed by atoms with Crippen LogP contribution >= 0.6 is 0 Å². The van der Waals surface area contributed by atoms with Crippen LogP contribution in [0.4, 0.5) is 8.78 Å². The van der Waals surface area contributed by atoms with Crippen LogP contribution in [0.3, 0.4) is 0 Å². The number of nitrogens with zero attached hydrogens (tertiary/aromatic N) is 2. The van der Waals surface area contributed by atoms with Gasteiger partial charge in [-0.3, -0.25) is 14.4 Å². The zero-order valence-electron chi connectivity index (χ0n) is 17.0. The maximum Gasteiger partial charge on any atom is 0.274 e. The largest absolute Gasteiger partial charge is 0.503 e. The molecule has 1 aromatic carbocycles. The first-order chi connectivity index (χ1) is 14.6. The average molecular weight is 429 g/mol. The van der Waals surface area contributed by atoms with Gasteiger partial charge in [0.15, 0.2) is 11.4 Å². The van der Waals surface area contributed by atoms with E-state index in [4.69, 9.17) is 0 Å². The number of hydrogen-bond donors (Lipinski definition) is 2. The molecule has 31 heavy (non-hydrogen) atoms. The van der Waals surface area contributed by atoms with Crippen molar-refractivity contribution in [2.75, 3.05) is 13.1 Å². The van der Waals surface area contributed by atoms with Gasteiger partial charge in [-0.1, -0.05) is 12.2 Å². The molecule has 2 aliphatic rings. The quantitative estimate of drug-likeness (QED) is 0.732. The van der Waals surface area contributed by atoms with Crippen LogP contribution in [-0.2, 0) is 12.1 Å². The van der Waals surface area contributed by atoms with Gasteiger partial charge in [0, 0.05) is 31.4 Å². The first kappa shape index (κ1) is 20.8. The lowest BCUT2D eigenvalue weighted by molar-refractivity contribution is 0.0603. The predicted octanol–water partition coefficient (Wildman–Crippen LogP) is 2.20. The smallest absolute Gasteiger partial charge is 0.274 e. The summed E-state index contributed by atoms with van der Waals surface area (Å²) in [5, 5.41) is 12.8. The highest BCUT2D eigenvalue weighted by Crippen LogP contribution is 2.34. The Morgan fingerprint density at radius 2 is 1.90 bits per heavy atom. The van der Waals surface area contributed by atoms with Crippen LogP contribution < -0.4 is 10.7 Å². The van der Waals surface area contributed by atoms with Gasteiger partial charge in [0.1, 0.15) is 17.2 Å². The van der Waals surface area contributed by atoms with E-state index in [-0.39, 0.29) is 11.3 Å². The number of aryl methyl sites for hydroxylation is 1. The van der Waals surface area contributed by atoms with Crippen molar-refractivity contribution in [3.05, 3.63) is 74.7 Å². The maximum atomic E-state index is 14.1. The van der Waals surface area contributed by atoms with Gasteiger partial charge in [-0.05, 0) is 38.0 Å². The van der Waals surface area contributed by atoms with E-state index in [0.29, 0.717) is 25.1 Å². The van der Waals surface area contributed by atoms with Crippen molar-refractivity contribution in [1.82, 2.24) is 14.8 Å². The fraction of sp³-hybridized carbons (Fsp3) is 0.318. The molecule has 2 aromatic rings. The Kier molecular flexibility index (Phi) is 4.91. The summed E-state index contributed by atoms with van der Waals surface area (Å²) in [6.45, 7) is 3.61. The summed E-state index contributed by atoms with van der Waals surface area (Å²) in [5.74, 6) is -3.85. The Labute approximate surface area is 176 Å². The summed E-state index contributed by atoms with van der Waals surface area (Å²) in [4.78, 5) is 39.7. The van der Waals surface area contributed by atoms with E-state index < -0.39 is 52.3 Å². The highest BCUT2D eigenvalue weighted by molar-refractivity contribution is 5.99. The number of halogens is 2. The number of fused-ring (bicyclic) bond motifs is 4. The molecule has 0 fully saturated rings. The molecule has 0 saturated heterocycles. The highest BCUT2D eigenvalue weighted by atomic mass is 19.1. The van der Waals surface area contributed by atoms with Crippen molar-refractivity contribution in [3.63, 3.8) is 0 Å². The topological polar surface area (TPSA) is 91.6 Å². The van der Waals surface area contributed by atoms with Gasteiger partial charge < -0.3 is 19.9 Å². The number of aromatic nitrogens is 1. The number of allylic oxidation sites excluding steroid dienone is 1. The van der Waals surface area contributed by atoms with Crippen molar-refractivity contribution in [2.24, 2.45) is 0 Å². The average Bonchev–Trinajstić information content (AvgIpc) is 2.88. The Morgan fingerprint density at radius 3 is 2.58 bits per heavy atom. The molecule has 0 aliphatic carbocycles. The second-order valence-electron chi connectivity index (χ2n) is 8.19. The second kappa shape index (κ2) is 7.33. The van der Waals surface area contributed by atoms with E-state index >= 15 is 0 Å². The number of amides is 2. The van der Waals surface area contributed by atoms with Gasteiger partial charge in [0.05, 0.1) is 5.54 Å². The zero-order valence-corrected chi connectivity index (χ0v) is 17.0. The Balaban J connectivity index is 1.72. The molecule has 0 radical (unpaired) electrons. The summed E-state index contributed by atoms with van der Waals surface area (Å²) in [5.41, 5.74) is -2.22. The molecule has 162 valence electrons. The van der Waals surface area contributed by atoms with Crippen LogP contribution in [-0.4, -0.2) is 39.5 Å². The standard InChI is InChI=1S/C22H21F2N3O4/c1-12-7-15(23)13(16(24)8-12)9-25-20(30)14-10-27-17(19(29)18(14)28)21(31)26-6-4-3-5-22(27,2)11-26/h3-4,7-8,10,29H,5-6,9,11H2,1-2H3,(H,25,30).